The second-order valence-corrected chi connectivity index (χ2v) is 8.41. The number of Topliss-reactive ketones (excluding diaryl/α,β-unsaturated/α-hetero) is 1. The van der Waals surface area contributed by atoms with E-state index in [4.69, 9.17) is 0 Å². The Labute approximate surface area is 145 Å². The van der Waals surface area contributed by atoms with E-state index in [0.29, 0.717) is 11.7 Å². The molecule has 3 aliphatic carbocycles. The molecule has 2 unspecified atom stereocenters. The summed E-state index contributed by atoms with van der Waals surface area (Å²) in [6.45, 7) is 6.67. The Morgan fingerprint density at radius 1 is 0.875 bits per heavy atom. The van der Waals surface area contributed by atoms with Crippen LogP contribution in [0.2, 0.25) is 0 Å². The molecule has 2 bridgehead atoms. The van der Waals surface area contributed by atoms with Crippen molar-refractivity contribution in [1.29, 1.82) is 0 Å². The zero-order valence-corrected chi connectivity index (χ0v) is 14.9. The van der Waals surface area contributed by atoms with E-state index >= 15 is 0 Å². The summed E-state index contributed by atoms with van der Waals surface area (Å²) in [4.78, 5) is 11.6. The van der Waals surface area contributed by atoms with Crippen LogP contribution in [0.1, 0.15) is 51.2 Å². The van der Waals surface area contributed by atoms with Crippen molar-refractivity contribution in [3.05, 3.63) is 59.7 Å². The molecule has 124 valence electrons. The van der Waals surface area contributed by atoms with Crippen molar-refractivity contribution >= 4 is 5.78 Å². The number of ketones is 1. The number of carbonyl (C=O) groups is 1. The van der Waals surface area contributed by atoms with Crippen LogP contribution in [0.4, 0.5) is 0 Å². The molecule has 0 N–H and O–H groups in total. The first-order valence-corrected chi connectivity index (χ1v) is 9.13. The van der Waals surface area contributed by atoms with Crippen LogP contribution < -0.4 is 0 Å². The van der Waals surface area contributed by atoms with Crippen LogP contribution in [0.5, 0.6) is 0 Å². The predicted octanol–water partition coefficient (Wildman–Crippen LogP) is 5.66. The van der Waals surface area contributed by atoms with E-state index in [9.17, 15) is 4.79 Å². The van der Waals surface area contributed by atoms with Crippen molar-refractivity contribution in [3.63, 3.8) is 0 Å². The minimum Gasteiger partial charge on any atom is -0.299 e. The quantitative estimate of drug-likeness (QED) is 0.523. The molecule has 0 heterocycles. The molecular formula is C23H26O. The van der Waals surface area contributed by atoms with Gasteiger partial charge in [-0.15, -0.1) is 0 Å². The van der Waals surface area contributed by atoms with Gasteiger partial charge in [0.1, 0.15) is 5.78 Å². The molecule has 1 heteroatoms. The maximum absolute atomic E-state index is 11.6. The number of rotatable bonds is 0. The molecule has 3 aliphatic rings. The largest absolute Gasteiger partial charge is 0.299 e. The zero-order valence-electron chi connectivity index (χ0n) is 14.9. The van der Waals surface area contributed by atoms with Gasteiger partial charge in [0.05, 0.1) is 0 Å². The van der Waals surface area contributed by atoms with Crippen LogP contribution in [0.25, 0.3) is 11.1 Å². The van der Waals surface area contributed by atoms with Crippen molar-refractivity contribution in [2.45, 2.75) is 46.5 Å². The molecule has 1 nitrogen and oxygen atoms in total. The molecule has 2 saturated carbocycles. The van der Waals surface area contributed by atoms with Gasteiger partial charge in [0.25, 0.3) is 0 Å². The van der Waals surface area contributed by atoms with Crippen LogP contribution >= 0.6 is 0 Å². The highest BCUT2D eigenvalue weighted by molar-refractivity contribution is 5.89. The second kappa shape index (κ2) is 5.31. The van der Waals surface area contributed by atoms with Crippen molar-refractivity contribution in [2.24, 2.45) is 16.7 Å². The van der Waals surface area contributed by atoms with E-state index in [-0.39, 0.29) is 10.8 Å². The zero-order chi connectivity index (χ0) is 16.9. The summed E-state index contributed by atoms with van der Waals surface area (Å²) in [5.41, 5.74) is 6.06. The first-order valence-electron chi connectivity index (χ1n) is 9.13. The highest BCUT2D eigenvalue weighted by Gasteiger charge is 2.61. The molecule has 2 aromatic carbocycles. The summed E-state index contributed by atoms with van der Waals surface area (Å²) < 4.78 is 0. The molecule has 0 amide bonds. The molecular weight excluding hydrogens is 292 g/mol. The number of benzene rings is 2. The van der Waals surface area contributed by atoms with Gasteiger partial charge in [-0.1, -0.05) is 69.3 Å². The normalized spacial score (nSPS) is 28.1. The average Bonchev–Trinajstić information content (AvgIpc) is 3.11. The fraction of sp³-hybridized carbons (Fsp3) is 0.435. The SMILES string of the molecule is CC12CCC(CC1=O)C2(C)C.c1ccc2c(c1)Cc1ccccc1-2. The number of hydrogen-bond donors (Lipinski definition) is 0. The summed E-state index contributed by atoms with van der Waals surface area (Å²) >= 11 is 0. The Kier molecular flexibility index (Phi) is 3.46. The predicted molar refractivity (Wildman–Crippen MR) is 98.9 cm³/mol. The topological polar surface area (TPSA) is 17.1 Å². The van der Waals surface area contributed by atoms with Crippen LogP contribution in [0.15, 0.2) is 48.5 Å². The van der Waals surface area contributed by atoms with E-state index in [1.807, 2.05) is 0 Å². The molecule has 0 saturated heterocycles. The Morgan fingerprint density at radius 2 is 1.42 bits per heavy atom. The van der Waals surface area contributed by atoms with Gasteiger partial charge in [-0.05, 0) is 52.8 Å². The van der Waals surface area contributed by atoms with Gasteiger partial charge < -0.3 is 0 Å². The highest BCUT2D eigenvalue weighted by atomic mass is 16.1. The van der Waals surface area contributed by atoms with Gasteiger partial charge in [0.2, 0.25) is 0 Å². The van der Waals surface area contributed by atoms with Gasteiger partial charge in [-0.2, -0.15) is 0 Å². The first-order chi connectivity index (χ1) is 11.4. The fourth-order valence-electron chi connectivity index (χ4n) is 4.98. The Balaban J connectivity index is 0.000000123. The lowest BCUT2D eigenvalue weighted by molar-refractivity contribution is -0.128. The summed E-state index contributed by atoms with van der Waals surface area (Å²) in [6.07, 6.45) is 4.36. The third-order valence-electron chi connectivity index (χ3n) is 7.19. The molecule has 0 spiro atoms. The van der Waals surface area contributed by atoms with Gasteiger partial charge in [0.15, 0.2) is 0 Å². The van der Waals surface area contributed by atoms with Crippen LogP contribution in [0, 0.1) is 16.7 Å². The number of carbonyl (C=O) groups excluding carboxylic acids is 1. The average molecular weight is 318 g/mol. The summed E-state index contributed by atoms with van der Waals surface area (Å²) in [7, 11) is 0. The third kappa shape index (κ3) is 2.10. The number of hydrogen-bond acceptors (Lipinski definition) is 1. The smallest absolute Gasteiger partial charge is 0.139 e. The minimum absolute atomic E-state index is 0.0255. The van der Waals surface area contributed by atoms with Crippen molar-refractivity contribution in [3.8, 4) is 11.1 Å². The van der Waals surface area contributed by atoms with E-state index in [1.165, 1.54) is 28.7 Å². The standard InChI is InChI=1S/C13H10.C10H16O/c1-3-7-12-10(5-1)9-11-6-2-4-8-13(11)12;1-9(2)7-4-5-10(9,3)8(11)6-7/h1-8H,9H2;7H,4-6H2,1-3H3. The highest BCUT2D eigenvalue weighted by Crippen LogP contribution is 2.63. The van der Waals surface area contributed by atoms with Gasteiger partial charge >= 0.3 is 0 Å². The molecule has 2 aromatic rings. The fourth-order valence-corrected chi connectivity index (χ4v) is 4.98. The van der Waals surface area contributed by atoms with Crippen molar-refractivity contribution in [1.82, 2.24) is 0 Å². The van der Waals surface area contributed by atoms with Gasteiger partial charge in [-0.25, -0.2) is 0 Å². The van der Waals surface area contributed by atoms with Gasteiger partial charge in [-0.3, -0.25) is 4.79 Å². The maximum Gasteiger partial charge on any atom is 0.139 e. The van der Waals surface area contributed by atoms with Crippen LogP contribution in [-0.4, -0.2) is 5.78 Å². The maximum atomic E-state index is 11.6. The number of fused-ring (bicyclic) bond motifs is 5. The van der Waals surface area contributed by atoms with Crippen molar-refractivity contribution in [2.75, 3.05) is 0 Å². The first kappa shape index (κ1) is 15.6. The van der Waals surface area contributed by atoms with E-state index in [1.54, 1.807) is 0 Å². The van der Waals surface area contributed by atoms with E-state index in [2.05, 4.69) is 69.3 Å². The minimum atomic E-state index is 0.0255. The van der Waals surface area contributed by atoms with Crippen molar-refractivity contribution < 1.29 is 4.79 Å². The van der Waals surface area contributed by atoms with Gasteiger partial charge in [0, 0.05) is 11.8 Å². The molecule has 0 radical (unpaired) electrons. The Bertz CT molecular complexity index is 758. The lowest BCUT2D eigenvalue weighted by Gasteiger charge is -2.32. The summed E-state index contributed by atoms with van der Waals surface area (Å²) in [5.74, 6) is 1.19. The third-order valence-corrected chi connectivity index (χ3v) is 7.19. The molecule has 0 aromatic heterocycles. The monoisotopic (exact) mass is 318 g/mol. The summed E-state index contributed by atoms with van der Waals surface area (Å²) in [6, 6.07) is 17.3. The van der Waals surface area contributed by atoms with Crippen LogP contribution in [-0.2, 0) is 11.2 Å². The molecule has 2 fully saturated rings. The van der Waals surface area contributed by atoms with Crippen LogP contribution in [0.3, 0.4) is 0 Å². The second-order valence-electron chi connectivity index (χ2n) is 8.41. The summed E-state index contributed by atoms with van der Waals surface area (Å²) in [5, 5.41) is 0. The lowest BCUT2D eigenvalue weighted by Crippen LogP contribution is -2.32. The Morgan fingerprint density at radius 3 is 1.79 bits per heavy atom. The lowest BCUT2D eigenvalue weighted by atomic mass is 9.70. The Hall–Kier alpha value is -1.89. The molecule has 5 rings (SSSR count). The van der Waals surface area contributed by atoms with E-state index < -0.39 is 0 Å². The molecule has 2 atom stereocenters. The van der Waals surface area contributed by atoms with E-state index in [0.717, 1.165) is 19.3 Å². The molecule has 0 aliphatic heterocycles. The molecule has 24 heavy (non-hydrogen) atoms.